The van der Waals surface area contributed by atoms with Gasteiger partial charge in [0, 0.05) is 94.2 Å². The van der Waals surface area contributed by atoms with Crippen molar-refractivity contribution in [2.24, 2.45) is 17.4 Å². The summed E-state index contributed by atoms with van der Waals surface area (Å²) in [7, 11) is 0. The molecule has 0 saturated carbocycles. The number of carbonyl (C=O) groups is 2. The second kappa shape index (κ2) is 27.5. The lowest BCUT2D eigenvalue weighted by Gasteiger charge is -2.38. The summed E-state index contributed by atoms with van der Waals surface area (Å²) in [6.07, 6.45) is 10.9. The Balaban J connectivity index is 0.834. The number of carbonyl (C=O) groups excluding carboxylic acids is 2. The van der Waals surface area contributed by atoms with E-state index in [4.69, 9.17) is 47.1 Å². The second-order valence-corrected chi connectivity index (χ2v) is 21.1. The first-order chi connectivity index (χ1) is 40.5. The van der Waals surface area contributed by atoms with E-state index >= 15 is 0 Å². The molecule has 24 heteroatoms. The third-order valence-corrected chi connectivity index (χ3v) is 15.5. The Morgan fingerprint density at radius 3 is 1.71 bits per heavy atom. The van der Waals surface area contributed by atoms with E-state index in [1.54, 1.807) is 27.7 Å². The number of ether oxygens (including phenoxy) is 3. The van der Waals surface area contributed by atoms with Gasteiger partial charge in [-0.15, -0.1) is 16.6 Å². The first kappa shape index (κ1) is 57.8. The molecule has 0 radical (unpaired) electrons. The average Bonchev–Trinajstić information content (AvgIpc) is 4.38. The molecule has 2 amide bonds. The number of benzene rings is 3. The molecule has 2 fully saturated rings. The molecule has 83 heavy (non-hydrogen) atoms. The zero-order valence-electron chi connectivity index (χ0n) is 47.1. The Morgan fingerprint density at radius 2 is 1.18 bits per heavy atom. The largest absolute Gasteiger partial charge is 0.508 e. The van der Waals surface area contributed by atoms with Crippen LogP contribution in [-0.2, 0) is 43.1 Å². The normalized spacial score (nSPS) is 15.8. The van der Waals surface area contributed by atoms with Crippen molar-refractivity contribution in [1.82, 2.24) is 64.7 Å². The molecular weight excluding hydrogens is 1060 g/mol. The van der Waals surface area contributed by atoms with Gasteiger partial charge in [0.2, 0.25) is 29.7 Å². The molecule has 1 unspecified atom stereocenters. The van der Waals surface area contributed by atoms with Gasteiger partial charge < -0.3 is 65.7 Å². The molecule has 3 aromatic carbocycles. The number of amides is 2. The number of para-hydroxylation sites is 2. The minimum absolute atomic E-state index is 0.0763. The van der Waals surface area contributed by atoms with Crippen molar-refractivity contribution >= 4 is 51.5 Å². The van der Waals surface area contributed by atoms with E-state index in [0.29, 0.717) is 140 Å². The van der Waals surface area contributed by atoms with Crippen molar-refractivity contribution in [3.63, 3.8) is 0 Å². The number of piperazine rings is 2. The van der Waals surface area contributed by atoms with Gasteiger partial charge in [-0.05, 0) is 65.1 Å². The molecule has 2 aliphatic rings. The fourth-order valence-corrected chi connectivity index (χ4v) is 10.4. The van der Waals surface area contributed by atoms with Gasteiger partial charge in [-0.25, -0.2) is 9.36 Å². The van der Waals surface area contributed by atoms with E-state index in [1.165, 1.54) is 0 Å². The van der Waals surface area contributed by atoms with Crippen molar-refractivity contribution in [2.75, 3.05) is 114 Å². The molecular formula is C59H74N18O6. The summed E-state index contributed by atoms with van der Waals surface area (Å²) in [6.45, 7) is 10.2. The van der Waals surface area contributed by atoms with Crippen molar-refractivity contribution in [3.8, 4) is 18.1 Å². The van der Waals surface area contributed by atoms with Crippen LogP contribution in [0.4, 0.5) is 17.8 Å². The van der Waals surface area contributed by atoms with Crippen LogP contribution in [0.3, 0.4) is 0 Å². The number of phenols is 1. The monoisotopic (exact) mass is 1130 g/mol. The van der Waals surface area contributed by atoms with Gasteiger partial charge in [-0.3, -0.25) is 9.59 Å². The molecule has 7 heterocycles. The quantitative estimate of drug-likeness (QED) is 0.0308. The SMILES string of the molecule is C#CCOCCOCCOCCNc1nc(N2CCN(C(=O)[C@H](Cc3cc4ccccc4[nH]3)n3cc([C@@H](N)C(C)CC)nn3)CC2)nc(N2CCN(C(=O)[C@H](Cc3cc4ccccc4[nH]3)n3cc([C@@H](N)Cc4ccc(O)cc4)nn3)CC2)n1. The molecule has 8 aromatic rings. The molecule has 5 atom stereocenters. The smallest absolute Gasteiger partial charge is 0.248 e. The fraction of sp³-hybridized carbons (Fsp3) is 0.441. The standard InChI is InChI=1S/C59H74N18O6/c1-4-27-81-29-31-83-32-30-82-28-18-62-57-65-58(67-59(66-57)75-25-21-73(22-26-75)56(80)53(37-45-35-43-11-7-9-13-49(43)64-45)77-39-51(69-71-77)54(61)40(3)5-2)74-23-19-72(20-24-74)55(79)52(36-44-34-42-10-6-8-12-48(42)63-44)76-38-50(68-70-76)47(60)33-41-14-16-46(78)17-15-41/h1,6-17,34-35,38-40,47,52-54,63-64,78H,5,18-33,36-37,60-61H2,2-3H3,(H,62,65,66,67)/t40?,47-,52-,53-,54-/m0/s1. The molecule has 2 saturated heterocycles. The molecule has 436 valence electrons. The summed E-state index contributed by atoms with van der Waals surface area (Å²) in [5.74, 6) is 3.90. The number of fused-ring (bicyclic) bond motifs is 2. The Bertz CT molecular complexity index is 3360. The first-order valence-electron chi connectivity index (χ1n) is 28.5. The molecule has 8 N–H and O–H groups in total. The fourth-order valence-electron chi connectivity index (χ4n) is 10.4. The number of phenolic OH excluding ortho intramolecular Hbond substituents is 1. The number of nitrogens with zero attached hydrogens (tertiary/aromatic N) is 13. The van der Waals surface area contributed by atoms with Crippen LogP contribution in [0.2, 0.25) is 0 Å². The van der Waals surface area contributed by atoms with Gasteiger partial charge in [0.15, 0.2) is 0 Å². The lowest BCUT2D eigenvalue weighted by molar-refractivity contribution is -0.136. The zero-order valence-corrected chi connectivity index (χ0v) is 47.1. The van der Waals surface area contributed by atoms with E-state index in [1.807, 2.05) is 76.7 Å². The highest BCUT2D eigenvalue weighted by Crippen LogP contribution is 2.28. The number of terminal acetylenes is 1. The number of rotatable bonds is 27. The number of hydrogen-bond acceptors (Lipinski definition) is 18. The first-order valence-corrected chi connectivity index (χ1v) is 28.5. The van der Waals surface area contributed by atoms with E-state index in [9.17, 15) is 14.7 Å². The maximum atomic E-state index is 14.9. The Morgan fingerprint density at radius 1 is 0.675 bits per heavy atom. The van der Waals surface area contributed by atoms with Crippen LogP contribution in [0.15, 0.2) is 97.3 Å². The summed E-state index contributed by atoms with van der Waals surface area (Å²) in [5.41, 5.74) is 19.2. The Hall–Kier alpha value is -8.47. The summed E-state index contributed by atoms with van der Waals surface area (Å²) in [5, 5.41) is 33.2. The highest BCUT2D eigenvalue weighted by atomic mass is 16.5. The van der Waals surface area contributed by atoms with Crippen molar-refractivity contribution in [2.45, 2.75) is 63.7 Å². The van der Waals surface area contributed by atoms with Crippen LogP contribution in [-0.4, -0.2) is 180 Å². The molecule has 2 aliphatic heterocycles. The Labute approximate surface area is 481 Å². The average molecular weight is 1130 g/mol. The molecule has 0 spiro atoms. The van der Waals surface area contributed by atoms with Crippen molar-refractivity contribution in [1.29, 1.82) is 0 Å². The summed E-state index contributed by atoms with van der Waals surface area (Å²) >= 11 is 0. The Kier molecular flexibility index (Phi) is 19.2. The number of aromatic amines is 2. The minimum atomic E-state index is -0.728. The van der Waals surface area contributed by atoms with Gasteiger partial charge in [-0.2, -0.15) is 15.0 Å². The zero-order chi connectivity index (χ0) is 57.7. The van der Waals surface area contributed by atoms with Crippen LogP contribution in [0, 0.1) is 18.3 Å². The van der Waals surface area contributed by atoms with E-state index in [2.05, 4.69) is 77.6 Å². The molecule has 0 aliphatic carbocycles. The minimum Gasteiger partial charge on any atom is -0.508 e. The van der Waals surface area contributed by atoms with Crippen molar-refractivity contribution in [3.05, 3.63) is 126 Å². The number of hydrogen-bond donors (Lipinski definition) is 6. The highest BCUT2D eigenvalue weighted by molar-refractivity contribution is 5.84. The van der Waals surface area contributed by atoms with Gasteiger partial charge >= 0.3 is 0 Å². The number of aromatic hydroxyl groups is 1. The summed E-state index contributed by atoms with van der Waals surface area (Å²) < 4.78 is 20.0. The number of nitrogens with one attached hydrogen (secondary N) is 3. The van der Waals surface area contributed by atoms with Gasteiger partial charge in [0.25, 0.3) is 0 Å². The topological polar surface area (TPSA) is 291 Å². The van der Waals surface area contributed by atoms with Gasteiger partial charge in [-0.1, -0.05) is 85.1 Å². The maximum Gasteiger partial charge on any atom is 0.248 e. The molecule has 10 rings (SSSR count). The molecule has 0 bridgehead atoms. The van der Waals surface area contributed by atoms with E-state index in [0.717, 1.165) is 45.2 Å². The number of anilines is 3. The van der Waals surface area contributed by atoms with E-state index in [-0.39, 0.29) is 36.1 Å². The molecule has 24 nitrogen and oxygen atoms in total. The van der Waals surface area contributed by atoms with E-state index < -0.39 is 18.1 Å². The van der Waals surface area contributed by atoms with Crippen molar-refractivity contribution < 1.29 is 28.9 Å². The number of nitrogens with two attached hydrogens (primary N) is 2. The molecule has 5 aromatic heterocycles. The predicted octanol–water partition coefficient (Wildman–Crippen LogP) is 4.37. The van der Waals surface area contributed by atoms with Gasteiger partial charge in [0.1, 0.15) is 24.4 Å². The highest BCUT2D eigenvalue weighted by Gasteiger charge is 2.35. The van der Waals surface area contributed by atoms with Gasteiger partial charge in [0.05, 0.1) is 68.9 Å². The number of H-pyrrole nitrogens is 2. The van der Waals surface area contributed by atoms with Crippen LogP contribution in [0.5, 0.6) is 5.75 Å². The van der Waals surface area contributed by atoms with Crippen LogP contribution in [0.25, 0.3) is 21.8 Å². The summed E-state index contributed by atoms with van der Waals surface area (Å²) in [6, 6.07) is 24.9. The summed E-state index contributed by atoms with van der Waals surface area (Å²) in [4.78, 5) is 59.4. The lowest BCUT2D eigenvalue weighted by atomic mass is 9.98. The van der Waals surface area contributed by atoms with Crippen LogP contribution >= 0.6 is 0 Å². The second-order valence-electron chi connectivity index (χ2n) is 21.1. The third kappa shape index (κ3) is 14.6. The van der Waals surface area contributed by atoms with Crippen LogP contribution < -0.4 is 26.6 Å². The maximum absolute atomic E-state index is 14.9. The van der Waals surface area contributed by atoms with Crippen LogP contribution in [0.1, 0.15) is 72.8 Å². The third-order valence-electron chi connectivity index (χ3n) is 15.5. The lowest BCUT2D eigenvalue weighted by Crippen LogP contribution is -2.52. The predicted molar refractivity (Wildman–Crippen MR) is 314 cm³/mol. The number of aromatic nitrogens is 11.